The van der Waals surface area contributed by atoms with E-state index in [4.69, 9.17) is 0 Å². The molecular formula is C18H31N5O2. The van der Waals surface area contributed by atoms with E-state index in [0.717, 1.165) is 17.0 Å². The smallest absolute Gasteiger partial charge is 0.319 e. The molecule has 25 heavy (non-hydrogen) atoms. The Morgan fingerprint density at radius 3 is 2.24 bits per heavy atom. The first-order valence-electron chi connectivity index (χ1n) is 8.75. The maximum Gasteiger partial charge on any atom is 0.319 e. The zero-order valence-electron chi connectivity index (χ0n) is 16.8. The molecule has 2 heterocycles. The molecule has 1 saturated heterocycles. The fourth-order valence-corrected chi connectivity index (χ4v) is 3.78. The molecule has 0 bridgehead atoms. The van der Waals surface area contributed by atoms with E-state index >= 15 is 0 Å². The van der Waals surface area contributed by atoms with Crippen molar-refractivity contribution in [2.45, 2.75) is 46.1 Å². The average molecular weight is 349 g/mol. The summed E-state index contributed by atoms with van der Waals surface area (Å²) in [5.74, 6) is -0.148. The Labute approximate surface area is 150 Å². The Hall–Kier alpha value is -2.05. The van der Waals surface area contributed by atoms with Gasteiger partial charge in [0.1, 0.15) is 0 Å². The SMILES string of the molecule is Cc1nn(C)c(C)c1C(C)C(=O)N1CCN(C(=O)N(C)C)CC1(C)C. The van der Waals surface area contributed by atoms with E-state index in [9.17, 15) is 9.59 Å². The largest absolute Gasteiger partial charge is 0.333 e. The topological polar surface area (TPSA) is 61.7 Å². The van der Waals surface area contributed by atoms with Gasteiger partial charge in [0.25, 0.3) is 0 Å². The molecular weight excluding hydrogens is 318 g/mol. The third-order valence-corrected chi connectivity index (χ3v) is 5.19. The van der Waals surface area contributed by atoms with Crippen LogP contribution in [0.2, 0.25) is 0 Å². The van der Waals surface area contributed by atoms with Gasteiger partial charge in [-0.3, -0.25) is 9.48 Å². The summed E-state index contributed by atoms with van der Waals surface area (Å²) in [6.07, 6.45) is 0. The molecule has 0 aromatic carbocycles. The maximum absolute atomic E-state index is 13.2. The first kappa shape index (κ1) is 19.3. The minimum Gasteiger partial charge on any atom is -0.333 e. The lowest BCUT2D eigenvalue weighted by Gasteiger charge is -2.48. The predicted octanol–water partition coefficient (Wildman–Crippen LogP) is 1.74. The van der Waals surface area contributed by atoms with Gasteiger partial charge in [-0.05, 0) is 34.6 Å². The highest BCUT2D eigenvalue weighted by Gasteiger charge is 2.40. The highest BCUT2D eigenvalue weighted by Crippen LogP contribution is 2.29. The Morgan fingerprint density at radius 1 is 1.20 bits per heavy atom. The van der Waals surface area contributed by atoms with E-state index in [1.165, 1.54) is 0 Å². The van der Waals surface area contributed by atoms with Crippen molar-refractivity contribution in [1.29, 1.82) is 0 Å². The summed E-state index contributed by atoms with van der Waals surface area (Å²) in [5, 5.41) is 4.44. The lowest BCUT2D eigenvalue weighted by atomic mass is 9.92. The lowest BCUT2D eigenvalue weighted by molar-refractivity contribution is -0.141. The van der Waals surface area contributed by atoms with Crippen molar-refractivity contribution in [3.63, 3.8) is 0 Å². The van der Waals surface area contributed by atoms with E-state index in [2.05, 4.69) is 5.10 Å². The van der Waals surface area contributed by atoms with Crippen LogP contribution >= 0.6 is 0 Å². The van der Waals surface area contributed by atoms with Crippen LogP contribution in [0, 0.1) is 13.8 Å². The Kier molecular flexibility index (Phi) is 5.16. The fourth-order valence-electron chi connectivity index (χ4n) is 3.78. The summed E-state index contributed by atoms with van der Waals surface area (Å²) in [5.41, 5.74) is 2.53. The highest BCUT2D eigenvalue weighted by molar-refractivity contribution is 5.85. The predicted molar refractivity (Wildman–Crippen MR) is 97.5 cm³/mol. The zero-order valence-corrected chi connectivity index (χ0v) is 16.8. The second-order valence-corrected chi connectivity index (χ2v) is 7.83. The number of piperazine rings is 1. The second-order valence-electron chi connectivity index (χ2n) is 7.83. The molecule has 7 nitrogen and oxygen atoms in total. The molecule has 1 unspecified atom stereocenters. The van der Waals surface area contributed by atoms with Gasteiger partial charge >= 0.3 is 6.03 Å². The van der Waals surface area contributed by atoms with Gasteiger partial charge in [0.05, 0.1) is 17.2 Å². The van der Waals surface area contributed by atoms with Crippen LogP contribution < -0.4 is 0 Å². The Morgan fingerprint density at radius 2 is 1.80 bits per heavy atom. The molecule has 1 aromatic rings. The molecule has 1 atom stereocenters. The standard InChI is InChI=1S/C18H31N5O2/c1-12(15-13(2)19-21(8)14(15)3)16(24)23-10-9-22(11-18(23,4)5)17(25)20(6)7/h12H,9-11H2,1-8H3. The summed E-state index contributed by atoms with van der Waals surface area (Å²) in [6, 6.07) is -0.00725. The van der Waals surface area contributed by atoms with E-state index < -0.39 is 5.54 Å². The van der Waals surface area contributed by atoms with Crippen molar-refractivity contribution < 1.29 is 9.59 Å². The van der Waals surface area contributed by atoms with Gasteiger partial charge in [-0.25, -0.2) is 4.79 Å². The number of hydrogen-bond acceptors (Lipinski definition) is 3. The molecule has 0 N–H and O–H groups in total. The number of hydrogen-bond donors (Lipinski definition) is 0. The van der Waals surface area contributed by atoms with Gasteiger partial charge in [-0.15, -0.1) is 0 Å². The van der Waals surface area contributed by atoms with Crippen LogP contribution in [-0.2, 0) is 11.8 Å². The van der Waals surface area contributed by atoms with Crippen molar-refractivity contribution in [1.82, 2.24) is 24.5 Å². The normalized spacial score (nSPS) is 18.2. The summed E-state index contributed by atoms with van der Waals surface area (Å²) in [7, 11) is 5.41. The molecule has 1 aliphatic heterocycles. The number of nitrogens with zero attached hydrogens (tertiary/aromatic N) is 5. The van der Waals surface area contributed by atoms with Crippen LogP contribution in [0.5, 0.6) is 0 Å². The quantitative estimate of drug-likeness (QED) is 0.817. The number of urea groups is 1. The second kappa shape index (κ2) is 6.69. The highest BCUT2D eigenvalue weighted by atomic mass is 16.2. The zero-order chi connectivity index (χ0) is 19.1. The molecule has 1 aliphatic rings. The molecule has 140 valence electrons. The van der Waals surface area contributed by atoms with Crippen molar-refractivity contribution in [3.05, 3.63) is 17.0 Å². The van der Waals surface area contributed by atoms with Gasteiger partial charge in [0.2, 0.25) is 5.91 Å². The third kappa shape index (κ3) is 3.50. The van der Waals surface area contributed by atoms with E-state index in [0.29, 0.717) is 19.6 Å². The van der Waals surface area contributed by atoms with Crippen LogP contribution in [0.25, 0.3) is 0 Å². The minimum absolute atomic E-state index is 0.00725. The number of carbonyl (C=O) groups is 2. The number of rotatable bonds is 2. The molecule has 0 spiro atoms. The summed E-state index contributed by atoms with van der Waals surface area (Å²) in [6.45, 7) is 11.6. The molecule has 0 radical (unpaired) electrons. The van der Waals surface area contributed by atoms with Crippen LogP contribution in [0.1, 0.15) is 43.6 Å². The first-order chi connectivity index (χ1) is 11.5. The minimum atomic E-state index is -0.403. The molecule has 1 aromatic heterocycles. The van der Waals surface area contributed by atoms with Crippen LogP contribution in [0.4, 0.5) is 4.79 Å². The van der Waals surface area contributed by atoms with E-state index in [1.54, 1.807) is 19.0 Å². The average Bonchev–Trinajstić information content (AvgIpc) is 2.76. The Balaban J connectivity index is 2.21. The number of carbonyl (C=O) groups excluding carboxylic acids is 2. The van der Waals surface area contributed by atoms with Crippen molar-refractivity contribution in [3.8, 4) is 0 Å². The monoisotopic (exact) mass is 349 g/mol. The van der Waals surface area contributed by atoms with Crippen LogP contribution in [-0.4, -0.2) is 75.7 Å². The molecule has 0 aliphatic carbocycles. The number of aromatic nitrogens is 2. The fraction of sp³-hybridized carbons (Fsp3) is 0.722. The molecule has 2 rings (SSSR count). The molecule has 1 fully saturated rings. The van der Waals surface area contributed by atoms with Crippen molar-refractivity contribution >= 4 is 11.9 Å². The van der Waals surface area contributed by atoms with E-state index in [-0.39, 0.29) is 17.9 Å². The van der Waals surface area contributed by atoms with Gasteiger partial charge in [-0.1, -0.05) is 0 Å². The molecule has 3 amide bonds. The summed E-state index contributed by atoms with van der Waals surface area (Å²) >= 11 is 0. The molecule has 0 saturated carbocycles. The summed E-state index contributed by atoms with van der Waals surface area (Å²) in [4.78, 5) is 30.8. The maximum atomic E-state index is 13.2. The van der Waals surface area contributed by atoms with Gasteiger partial charge in [0, 0.05) is 52.0 Å². The lowest BCUT2D eigenvalue weighted by Crippen LogP contribution is -2.63. The number of amides is 3. The van der Waals surface area contributed by atoms with Crippen molar-refractivity contribution in [2.24, 2.45) is 7.05 Å². The molecule has 7 heteroatoms. The van der Waals surface area contributed by atoms with Gasteiger partial charge < -0.3 is 14.7 Å². The van der Waals surface area contributed by atoms with E-state index in [1.807, 2.05) is 56.1 Å². The third-order valence-electron chi connectivity index (χ3n) is 5.19. The van der Waals surface area contributed by atoms with Crippen molar-refractivity contribution in [2.75, 3.05) is 33.7 Å². The number of aryl methyl sites for hydroxylation is 2. The van der Waals surface area contributed by atoms with Crippen LogP contribution in [0.15, 0.2) is 0 Å². The first-order valence-corrected chi connectivity index (χ1v) is 8.75. The Bertz CT molecular complexity index is 677. The van der Waals surface area contributed by atoms with Gasteiger partial charge in [0.15, 0.2) is 0 Å². The summed E-state index contributed by atoms with van der Waals surface area (Å²) < 4.78 is 1.83. The van der Waals surface area contributed by atoms with Crippen LogP contribution in [0.3, 0.4) is 0 Å². The van der Waals surface area contributed by atoms with Gasteiger partial charge in [-0.2, -0.15) is 5.10 Å².